The van der Waals surface area contributed by atoms with Crippen LogP contribution in [0.25, 0.3) is 22.2 Å². The lowest BCUT2D eigenvalue weighted by Crippen LogP contribution is -2.42. The molecule has 1 saturated heterocycles. The number of aryl methyl sites for hydroxylation is 1. The third-order valence-corrected chi connectivity index (χ3v) is 7.03. The summed E-state index contributed by atoms with van der Waals surface area (Å²) in [5.41, 5.74) is 11.3. The summed E-state index contributed by atoms with van der Waals surface area (Å²) in [5, 5.41) is 21.9. The molecule has 4 heterocycles. The molecule has 0 unspecified atom stereocenters. The molecule has 0 saturated carbocycles. The van der Waals surface area contributed by atoms with E-state index in [1.165, 1.54) is 24.2 Å². The molecule has 6 N–H and O–H groups in total. The number of aliphatic hydroxyl groups is 2. The third-order valence-electron chi connectivity index (χ3n) is 7.03. The van der Waals surface area contributed by atoms with Gasteiger partial charge in [-0.05, 0) is 25.5 Å². The molecule has 3 aromatic heterocycles. The Hall–Kier alpha value is -3.98. The Morgan fingerprint density at radius 1 is 1.18 bits per heavy atom. The summed E-state index contributed by atoms with van der Waals surface area (Å²) in [6.07, 6.45) is -4.31. The summed E-state index contributed by atoms with van der Waals surface area (Å²) in [6, 6.07) is 5.50. The number of carbonyl (C=O) groups excluding carboxylic acids is 1. The Balaban J connectivity index is 1.37. The first-order chi connectivity index (χ1) is 18.3. The summed E-state index contributed by atoms with van der Waals surface area (Å²) in [4.78, 5) is 30.7. The van der Waals surface area contributed by atoms with Gasteiger partial charge in [-0.15, -0.1) is 0 Å². The van der Waals surface area contributed by atoms with E-state index in [1.54, 1.807) is 22.8 Å². The number of hydrogen-bond acceptors (Lipinski definition) is 9. The van der Waals surface area contributed by atoms with Crippen LogP contribution in [0.5, 0.6) is 0 Å². The van der Waals surface area contributed by atoms with E-state index < -0.39 is 29.7 Å². The first-order valence-electron chi connectivity index (χ1n) is 12.3. The number of likely N-dealkylation sites (tertiary alicyclic amines) is 1. The maximum atomic E-state index is 13.6. The van der Waals surface area contributed by atoms with Crippen LogP contribution in [0, 0.1) is 0 Å². The van der Waals surface area contributed by atoms with Crippen molar-refractivity contribution in [1.82, 2.24) is 34.0 Å². The molecular weight excluding hydrogens is 519 g/mol. The molecule has 1 aliphatic rings. The molecule has 1 amide bonds. The lowest BCUT2D eigenvalue weighted by atomic mass is 9.91. The van der Waals surface area contributed by atoms with Crippen LogP contribution in [0.2, 0.25) is 0 Å². The molecule has 0 bridgehead atoms. The molecule has 0 radical (unpaired) electrons. The van der Waals surface area contributed by atoms with E-state index in [4.69, 9.17) is 11.5 Å². The Bertz CT molecular complexity index is 1530. The highest BCUT2D eigenvalue weighted by molar-refractivity contribution is 5.83. The van der Waals surface area contributed by atoms with E-state index in [-0.39, 0.29) is 73.3 Å². The van der Waals surface area contributed by atoms with Crippen LogP contribution in [0.15, 0.2) is 30.6 Å². The van der Waals surface area contributed by atoms with E-state index in [2.05, 4.69) is 19.9 Å². The zero-order valence-electron chi connectivity index (χ0n) is 21.0. The largest absolute Gasteiger partial charge is 0.449 e. The van der Waals surface area contributed by atoms with Crippen molar-refractivity contribution in [2.75, 3.05) is 24.6 Å². The van der Waals surface area contributed by atoms with Crippen LogP contribution in [-0.4, -0.2) is 74.9 Å². The third kappa shape index (κ3) is 5.06. The Kier molecular flexibility index (Phi) is 6.58. The summed E-state index contributed by atoms with van der Waals surface area (Å²) < 4.78 is 43.5. The molecule has 15 heteroatoms. The number of para-hydroxylation sites is 2. The molecule has 1 aromatic carbocycles. The molecular formula is C24H28F3N9O3. The van der Waals surface area contributed by atoms with Gasteiger partial charge in [0, 0.05) is 32.5 Å². The Morgan fingerprint density at radius 3 is 2.67 bits per heavy atom. The van der Waals surface area contributed by atoms with Gasteiger partial charge in [0.2, 0.25) is 17.7 Å². The van der Waals surface area contributed by atoms with E-state index in [9.17, 15) is 28.2 Å². The number of benzene rings is 1. The van der Waals surface area contributed by atoms with Crippen molar-refractivity contribution < 1.29 is 28.2 Å². The fourth-order valence-corrected chi connectivity index (χ4v) is 5.25. The number of fused-ring (bicyclic) bond motifs is 2. The molecule has 0 aliphatic carbocycles. The monoisotopic (exact) mass is 547 g/mol. The first kappa shape index (κ1) is 26.6. The highest BCUT2D eigenvalue weighted by atomic mass is 19.4. The van der Waals surface area contributed by atoms with Crippen LogP contribution in [0.4, 0.5) is 24.9 Å². The maximum absolute atomic E-state index is 13.6. The van der Waals surface area contributed by atoms with Gasteiger partial charge in [-0.25, -0.2) is 9.97 Å². The van der Waals surface area contributed by atoms with Crippen LogP contribution in [0.3, 0.4) is 0 Å². The van der Waals surface area contributed by atoms with Gasteiger partial charge in [0.1, 0.15) is 5.52 Å². The minimum absolute atomic E-state index is 0.0139. The van der Waals surface area contributed by atoms with Crippen molar-refractivity contribution in [2.24, 2.45) is 0 Å². The van der Waals surface area contributed by atoms with Crippen LogP contribution < -0.4 is 11.5 Å². The molecule has 1 fully saturated rings. The van der Waals surface area contributed by atoms with Gasteiger partial charge in [0.15, 0.2) is 11.5 Å². The van der Waals surface area contributed by atoms with E-state index in [0.717, 1.165) is 4.57 Å². The number of nitrogen functional groups attached to an aromatic ring is 2. The molecule has 3 atom stereocenters. The number of nitrogens with zero attached hydrogens (tertiary/aromatic N) is 7. The lowest BCUT2D eigenvalue weighted by Gasteiger charge is -2.34. The maximum Gasteiger partial charge on any atom is 0.449 e. The van der Waals surface area contributed by atoms with Crippen molar-refractivity contribution in [3.05, 3.63) is 36.4 Å². The van der Waals surface area contributed by atoms with Crippen LogP contribution in [0.1, 0.15) is 38.1 Å². The van der Waals surface area contributed by atoms with Gasteiger partial charge in [-0.2, -0.15) is 23.1 Å². The number of anilines is 2. The number of β-amino-alcohol motifs (C(OH)–C–C–N with tert-alkyl or cyclic N) is 1. The van der Waals surface area contributed by atoms with Gasteiger partial charge in [0.05, 0.1) is 35.1 Å². The summed E-state index contributed by atoms with van der Waals surface area (Å²) >= 11 is 0. The number of aromatic nitrogens is 6. The second kappa shape index (κ2) is 9.64. The molecule has 0 spiro atoms. The summed E-state index contributed by atoms with van der Waals surface area (Å²) in [7, 11) is 0. The average molecular weight is 548 g/mol. The quantitative estimate of drug-likeness (QED) is 0.290. The highest BCUT2D eigenvalue weighted by Gasteiger charge is 2.42. The minimum atomic E-state index is -4.65. The highest BCUT2D eigenvalue weighted by Crippen LogP contribution is 2.35. The predicted octanol–water partition coefficient (Wildman–Crippen LogP) is 1.72. The molecule has 12 nitrogen and oxygen atoms in total. The van der Waals surface area contributed by atoms with Crippen LogP contribution in [-0.2, 0) is 17.5 Å². The van der Waals surface area contributed by atoms with Crippen molar-refractivity contribution in [3.8, 4) is 0 Å². The number of amides is 1. The first-order valence-corrected chi connectivity index (χ1v) is 12.3. The van der Waals surface area contributed by atoms with Crippen LogP contribution >= 0.6 is 0 Å². The number of hydrogen-bond donors (Lipinski definition) is 4. The molecule has 5 rings (SSSR count). The second-order valence-corrected chi connectivity index (χ2v) is 10.00. The van der Waals surface area contributed by atoms with Crippen molar-refractivity contribution in [1.29, 1.82) is 0 Å². The molecule has 39 heavy (non-hydrogen) atoms. The van der Waals surface area contributed by atoms with E-state index in [0.29, 0.717) is 5.52 Å². The van der Waals surface area contributed by atoms with Crippen molar-refractivity contribution in [2.45, 2.75) is 56.7 Å². The van der Waals surface area contributed by atoms with Gasteiger partial charge in [-0.3, -0.25) is 4.79 Å². The number of halogens is 3. The zero-order valence-corrected chi connectivity index (χ0v) is 21.0. The van der Waals surface area contributed by atoms with Crippen molar-refractivity contribution in [3.63, 3.8) is 0 Å². The second-order valence-electron chi connectivity index (χ2n) is 10.00. The summed E-state index contributed by atoms with van der Waals surface area (Å²) in [6.45, 7) is 1.39. The van der Waals surface area contributed by atoms with Gasteiger partial charge in [-0.1, -0.05) is 12.1 Å². The van der Waals surface area contributed by atoms with Crippen molar-refractivity contribution >= 4 is 39.9 Å². The fraction of sp³-hybridized carbons (Fsp3) is 0.458. The average Bonchev–Trinajstić information content (AvgIpc) is 3.40. The Morgan fingerprint density at radius 2 is 1.92 bits per heavy atom. The topological polar surface area (TPSA) is 174 Å². The smallest absolute Gasteiger partial charge is 0.391 e. The minimum Gasteiger partial charge on any atom is -0.391 e. The predicted molar refractivity (Wildman–Crippen MR) is 135 cm³/mol. The number of aliphatic hydroxyl groups excluding tert-OH is 1. The number of nitrogens with two attached hydrogens (primary N) is 2. The van der Waals surface area contributed by atoms with Gasteiger partial charge >= 0.3 is 6.18 Å². The Labute approximate surface area is 220 Å². The SMILES string of the molecule is C[C@@]1(O)C[C@H](O)CN(C(=O)CCCn2c(C(F)(F)F)nc3ccccc32)C[C@H]1n1cnc2c(N)nc(N)nc21. The standard InChI is InChI=1S/C24H28F3N9O3/c1-23(39)9-13(37)10-34(11-16(23)36-12-30-18-19(28)32-22(29)33-20(18)36)17(38)7-4-8-35-15-6-3-2-5-14(15)31-21(35)24(25,26)27/h2-3,5-6,12-13,16,37,39H,4,7-11H2,1H3,(H4,28,29,32,33)/t13-,16+,23+/m0/s1. The number of carbonyl (C=O) groups is 1. The normalized spacial score (nSPS) is 22.5. The van der Waals surface area contributed by atoms with Gasteiger partial charge in [0.25, 0.3) is 0 Å². The molecule has 208 valence electrons. The van der Waals surface area contributed by atoms with Gasteiger partial charge < -0.3 is 35.7 Å². The lowest BCUT2D eigenvalue weighted by molar-refractivity contribution is -0.147. The molecule has 4 aromatic rings. The molecule has 1 aliphatic heterocycles. The zero-order chi connectivity index (χ0) is 28.1. The number of rotatable bonds is 5. The number of alkyl halides is 3. The summed E-state index contributed by atoms with van der Waals surface area (Å²) in [5.74, 6) is -1.44. The van der Waals surface area contributed by atoms with E-state index in [1.807, 2.05) is 0 Å². The fourth-order valence-electron chi connectivity index (χ4n) is 5.25. The van der Waals surface area contributed by atoms with E-state index >= 15 is 0 Å². The number of imidazole rings is 2.